The van der Waals surface area contributed by atoms with Crippen LogP contribution in [0.25, 0.3) is 10.9 Å². The third-order valence-electron chi connectivity index (χ3n) is 3.78. The number of halogens is 2. The molecule has 5 N–H and O–H groups in total. The van der Waals surface area contributed by atoms with Crippen LogP contribution in [0.2, 0.25) is 5.02 Å². The van der Waals surface area contributed by atoms with E-state index in [2.05, 4.69) is 20.9 Å². The van der Waals surface area contributed by atoms with Crippen molar-refractivity contribution in [3.05, 3.63) is 27.8 Å². The molecule has 1 saturated heterocycles. The Hall–Kier alpha value is -0.870. The minimum atomic E-state index is -1.49. The highest BCUT2D eigenvalue weighted by Gasteiger charge is 2.44. The first-order chi connectivity index (χ1) is 10.9. The average Bonchev–Trinajstić information content (AvgIpc) is 2.90. The zero-order valence-electron chi connectivity index (χ0n) is 11.7. The fraction of sp³-hybridized carbons (Fsp3) is 0.429. The van der Waals surface area contributed by atoms with E-state index in [1.54, 1.807) is 18.3 Å². The first-order valence-electron chi connectivity index (χ1n) is 6.85. The molecule has 0 spiro atoms. The van der Waals surface area contributed by atoms with Crippen LogP contribution in [0, 0.1) is 0 Å². The molecule has 0 bridgehead atoms. The van der Waals surface area contributed by atoms with E-state index in [9.17, 15) is 20.4 Å². The van der Waals surface area contributed by atoms with Gasteiger partial charge in [-0.3, -0.25) is 0 Å². The van der Waals surface area contributed by atoms with Gasteiger partial charge in [0.05, 0.1) is 17.1 Å². The second-order valence-corrected chi connectivity index (χ2v) is 6.54. The monoisotopic (exact) mass is 407 g/mol. The summed E-state index contributed by atoms with van der Waals surface area (Å²) in [5.74, 6) is 0.377. The number of aromatic nitrogens is 1. The van der Waals surface area contributed by atoms with Gasteiger partial charge in [-0.15, -0.1) is 0 Å². The van der Waals surface area contributed by atoms with Gasteiger partial charge in [-0.1, -0.05) is 11.6 Å². The Balaban J connectivity index is 1.88. The number of hydrogen-bond acceptors (Lipinski definition) is 6. The van der Waals surface area contributed by atoms with Crippen LogP contribution in [-0.2, 0) is 4.74 Å². The van der Waals surface area contributed by atoms with Crippen molar-refractivity contribution in [1.82, 2.24) is 4.98 Å². The molecule has 0 amide bonds. The number of nitrogens with one attached hydrogen (secondary N) is 1. The lowest BCUT2D eigenvalue weighted by molar-refractivity contribution is -0.277. The minimum Gasteiger partial charge on any atom is -0.460 e. The Morgan fingerprint density at radius 3 is 2.65 bits per heavy atom. The molecule has 7 nitrogen and oxygen atoms in total. The van der Waals surface area contributed by atoms with Gasteiger partial charge in [0.2, 0.25) is 6.29 Å². The van der Waals surface area contributed by atoms with Gasteiger partial charge >= 0.3 is 0 Å². The topological polar surface area (TPSA) is 115 Å². The second kappa shape index (κ2) is 6.56. The van der Waals surface area contributed by atoms with Crippen molar-refractivity contribution in [3.8, 4) is 5.75 Å². The molecule has 3 rings (SSSR count). The summed E-state index contributed by atoms with van der Waals surface area (Å²) in [6, 6.07) is 3.45. The molecule has 0 radical (unpaired) electrons. The second-order valence-electron chi connectivity index (χ2n) is 5.28. The quantitative estimate of drug-likeness (QED) is 0.512. The summed E-state index contributed by atoms with van der Waals surface area (Å²) >= 11 is 9.35. The van der Waals surface area contributed by atoms with Crippen molar-refractivity contribution in [3.63, 3.8) is 0 Å². The van der Waals surface area contributed by atoms with Crippen LogP contribution in [0.5, 0.6) is 5.75 Å². The van der Waals surface area contributed by atoms with Gasteiger partial charge in [-0.2, -0.15) is 0 Å². The van der Waals surface area contributed by atoms with E-state index < -0.39 is 37.3 Å². The van der Waals surface area contributed by atoms with Crippen LogP contribution in [0.3, 0.4) is 0 Å². The summed E-state index contributed by atoms with van der Waals surface area (Å²) in [4.78, 5) is 2.98. The van der Waals surface area contributed by atoms with Crippen molar-refractivity contribution in [2.45, 2.75) is 30.7 Å². The number of ether oxygens (including phenoxy) is 2. The summed E-state index contributed by atoms with van der Waals surface area (Å²) in [5, 5.41) is 40.0. The fourth-order valence-corrected chi connectivity index (χ4v) is 2.99. The highest BCUT2D eigenvalue weighted by Crippen LogP contribution is 2.34. The van der Waals surface area contributed by atoms with E-state index >= 15 is 0 Å². The molecule has 1 aliphatic heterocycles. The molecule has 0 saturated carbocycles. The van der Waals surface area contributed by atoms with Gasteiger partial charge in [0.15, 0.2) is 0 Å². The molecule has 1 aliphatic rings. The Bertz CT molecular complexity index is 708. The maximum absolute atomic E-state index is 10.0. The SMILES string of the molecule is OCC1OC(Oc2c[nH]c3cc(Cl)c(Br)cc23)C(O)C(O)C1O. The van der Waals surface area contributed by atoms with Gasteiger partial charge in [0.1, 0.15) is 30.2 Å². The highest BCUT2D eigenvalue weighted by molar-refractivity contribution is 9.10. The Labute approximate surface area is 144 Å². The number of aromatic amines is 1. The summed E-state index contributed by atoms with van der Waals surface area (Å²) in [7, 11) is 0. The summed E-state index contributed by atoms with van der Waals surface area (Å²) < 4.78 is 11.6. The predicted molar refractivity (Wildman–Crippen MR) is 85.4 cm³/mol. The first kappa shape index (κ1) is 17.0. The molecule has 5 unspecified atom stereocenters. The first-order valence-corrected chi connectivity index (χ1v) is 8.02. The van der Waals surface area contributed by atoms with Gasteiger partial charge in [-0.05, 0) is 28.1 Å². The van der Waals surface area contributed by atoms with Crippen molar-refractivity contribution in [1.29, 1.82) is 0 Å². The van der Waals surface area contributed by atoms with Crippen LogP contribution in [0.15, 0.2) is 22.8 Å². The van der Waals surface area contributed by atoms with E-state index in [-0.39, 0.29) is 0 Å². The number of aliphatic hydroxyl groups is 4. The minimum absolute atomic E-state index is 0.377. The Morgan fingerprint density at radius 2 is 1.96 bits per heavy atom. The highest BCUT2D eigenvalue weighted by atomic mass is 79.9. The van der Waals surface area contributed by atoms with Crippen LogP contribution in [-0.4, -0.2) is 62.7 Å². The Morgan fingerprint density at radius 1 is 1.22 bits per heavy atom. The van der Waals surface area contributed by atoms with Crippen LogP contribution in [0.4, 0.5) is 0 Å². The maximum Gasteiger partial charge on any atom is 0.229 e. The number of benzene rings is 1. The number of H-pyrrole nitrogens is 1. The number of aliphatic hydroxyl groups excluding tert-OH is 4. The predicted octanol–water partition coefficient (Wildman–Crippen LogP) is 0.762. The number of rotatable bonds is 3. The summed E-state index contributed by atoms with van der Waals surface area (Å²) in [5.41, 5.74) is 0.720. The van der Waals surface area contributed by atoms with E-state index in [4.69, 9.17) is 21.1 Å². The summed E-state index contributed by atoms with van der Waals surface area (Å²) in [6.45, 7) is -0.514. The van der Waals surface area contributed by atoms with Crippen molar-refractivity contribution in [2.24, 2.45) is 0 Å². The van der Waals surface area contributed by atoms with E-state index in [0.29, 0.717) is 20.6 Å². The molecule has 1 aromatic heterocycles. The van der Waals surface area contributed by atoms with Crippen LogP contribution in [0.1, 0.15) is 0 Å². The molecule has 23 heavy (non-hydrogen) atoms. The standard InChI is InChI=1S/C14H15BrClNO6/c15-6-1-5-8(2-7(6)16)17-3-9(5)22-14-13(21)12(20)11(19)10(4-18)23-14/h1-3,10-14,17-21H,4H2. The van der Waals surface area contributed by atoms with Gasteiger partial charge < -0.3 is 34.9 Å². The van der Waals surface area contributed by atoms with Crippen molar-refractivity contribution < 1.29 is 29.9 Å². The number of fused-ring (bicyclic) bond motifs is 1. The average molecular weight is 409 g/mol. The fourth-order valence-electron chi connectivity index (χ4n) is 2.48. The van der Waals surface area contributed by atoms with Crippen molar-refractivity contribution >= 4 is 38.4 Å². The van der Waals surface area contributed by atoms with Crippen molar-refractivity contribution in [2.75, 3.05) is 6.61 Å². The molecular weight excluding hydrogens is 394 g/mol. The van der Waals surface area contributed by atoms with Gasteiger partial charge in [-0.25, -0.2) is 0 Å². The molecule has 1 aromatic carbocycles. The largest absolute Gasteiger partial charge is 0.460 e. The molecular formula is C14H15BrClNO6. The molecule has 2 heterocycles. The van der Waals surface area contributed by atoms with Gasteiger partial charge in [0, 0.05) is 16.1 Å². The van der Waals surface area contributed by atoms with E-state index in [1.165, 1.54) is 0 Å². The normalized spacial score (nSPS) is 31.5. The molecule has 1 fully saturated rings. The smallest absolute Gasteiger partial charge is 0.229 e. The van der Waals surface area contributed by atoms with Crippen LogP contribution < -0.4 is 4.74 Å². The van der Waals surface area contributed by atoms with E-state index in [1.807, 2.05) is 0 Å². The lowest BCUT2D eigenvalue weighted by Crippen LogP contribution is -2.60. The van der Waals surface area contributed by atoms with Gasteiger partial charge in [0.25, 0.3) is 0 Å². The molecule has 5 atom stereocenters. The van der Waals surface area contributed by atoms with Crippen LogP contribution >= 0.6 is 27.5 Å². The molecule has 126 valence electrons. The maximum atomic E-state index is 10.0. The third-order valence-corrected chi connectivity index (χ3v) is 4.97. The van der Waals surface area contributed by atoms with E-state index in [0.717, 1.165) is 5.52 Å². The molecule has 2 aromatic rings. The zero-order chi connectivity index (χ0) is 16.7. The molecule has 9 heteroatoms. The lowest BCUT2D eigenvalue weighted by atomic mass is 9.99. The number of hydrogen-bond donors (Lipinski definition) is 5. The summed E-state index contributed by atoms with van der Waals surface area (Å²) in [6.07, 6.45) is -5.07. The molecule has 0 aliphatic carbocycles. The zero-order valence-corrected chi connectivity index (χ0v) is 14.0. The third kappa shape index (κ3) is 3.08. The Kier molecular flexibility index (Phi) is 4.84. The lowest BCUT2D eigenvalue weighted by Gasteiger charge is -2.39.